The molecule has 2 saturated heterocycles. The largest absolute Gasteiger partial charge is 0.346 e. The Labute approximate surface area is 156 Å². The maximum atomic E-state index is 13.1. The van der Waals surface area contributed by atoms with Crippen LogP contribution in [0.25, 0.3) is 0 Å². The van der Waals surface area contributed by atoms with Crippen LogP contribution < -0.4 is 0 Å². The summed E-state index contributed by atoms with van der Waals surface area (Å²) in [6, 6.07) is 5.66. The Balaban J connectivity index is 1.48. The number of rotatable bonds is 2. The van der Waals surface area contributed by atoms with Gasteiger partial charge in [0.25, 0.3) is 0 Å². The molecule has 2 fully saturated rings. The van der Waals surface area contributed by atoms with Gasteiger partial charge in [0.2, 0.25) is 15.9 Å². The topological polar surface area (TPSA) is 57.7 Å². The fourth-order valence-corrected chi connectivity index (χ4v) is 6.27. The molecule has 0 N–H and O–H groups in total. The number of sulfonamides is 1. The summed E-state index contributed by atoms with van der Waals surface area (Å²) in [6.07, 6.45) is 7.37. The molecule has 1 aromatic carbocycles. The van der Waals surface area contributed by atoms with Crippen molar-refractivity contribution in [2.24, 2.45) is 5.41 Å². The second-order valence-electron chi connectivity index (χ2n) is 8.25. The van der Waals surface area contributed by atoms with Gasteiger partial charge in [-0.25, -0.2) is 8.42 Å². The quantitative estimate of drug-likeness (QED) is 0.797. The van der Waals surface area contributed by atoms with Crippen molar-refractivity contribution in [2.45, 2.75) is 56.3 Å². The van der Waals surface area contributed by atoms with Crippen molar-refractivity contribution >= 4 is 15.9 Å². The average molecular weight is 377 g/mol. The number of hydrogen-bond donors (Lipinski definition) is 0. The van der Waals surface area contributed by atoms with Gasteiger partial charge in [-0.15, -0.1) is 0 Å². The molecule has 0 bridgehead atoms. The number of likely N-dealkylation sites (tertiary alicyclic amines) is 1. The van der Waals surface area contributed by atoms with E-state index in [-0.39, 0.29) is 11.3 Å². The number of nitrogens with zero attached hydrogens (tertiary/aromatic N) is 2. The van der Waals surface area contributed by atoms with Crippen LogP contribution in [-0.4, -0.2) is 50.2 Å². The van der Waals surface area contributed by atoms with Crippen LogP contribution in [0.3, 0.4) is 0 Å². The van der Waals surface area contributed by atoms with Crippen LogP contribution in [0.15, 0.2) is 23.1 Å². The number of aryl methyl sites for hydroxylation is 2. The van der Waals surface area contributed by atoms with Gasteiger partial charge in [-0.3, -0.25) is 4.79 Å². The Bertz CT molecular complexity index is 810. The standard InChI is InChI=1S/C20H28N2O3S/c1-21-12-9-20(8-7-19(21)23)10-13-22(14-11-20)26(24,25)18-6-5-16-3-2-4-17(16)15-18/h5-6,15H,2-4,7-14H2,1H3. The normalized spacial score (nSPS) is 23.9. The lowest BCUT2D eigenvalue weighted by Crippen LogP contribution is -2.43. The first-order valence-corrected chi connectivity index (χ1v) is 11.2. The van der Waals surface area contributed by atoms with Gasteiger partial charge in [0, 0.05) is 33.1 Å². The predicted molar refractivity (Wildman–Crippen MR) is 100 cm³/mol. The van der Waals surface area contributed by atoms with E-state index in [1.807, 2.05) is 24.1 Å². The Morgan fingerprint density at radius 1 is 0.923 bits per heavy atom. The lowest BCUT2D eigenvalue weighted by molar-refractivity contribution is -0.129. The third-order valence-electron chi connectivity index (χ3n) is 6.76. The van der Waals surface area contributed by atoms with Crippen molar-refractivity contribution in [1.29, 1.82) is 0 Å². The molecule has 4 rings (SSSR count). The van der Waals surface area contributed by atoms with E-state index in [0.717, 1.165) is 51.5 Å². The molecule has 1 spiro atoms. The number of carbonyl (C=O) groups excluding carboxylic acids is 1. The first-order chi connectivity index (χ1) is 12.4. The molecule has 26 heavy (non-hydrogen) atoms. The molecule has 3 aliphatic rings. The van der Waals surface area contributed by atoms with E-state index in [1.165, 1.54) is 11.1 Å². The van der Waals surface area contributed by atoms with Crippen molar-refractivity contribution in [3.05, 3.63) is 29.3 Å². The fraction of sp³-hybridized carbons (Fsp3) is 0.650. The summed E-state index contributed by atoms with van der Waals surface area (Å²) in [4.78, 5) is 14.2. The van der Waals surface area contributed by atoms with Crippen LogP contribution in [0.2, 0.25) is 0 Å². The van der Waals surface area contributed by atoms with Crippen LogP contribution in [0.5, 0.6) is 0 Å². The highest BCUT2D eigenvalue weighted by atomic mass is 32.2. The molecule has 0 atom stereocenters. The number of fused-ring (bicyclic) bond motifs is 1. The van der Waals surface area contributed by atoms with Gasteiger partial charge in [0.1, 0.15) is 0 Å². The van der Waals surface area contributed by atoms with Crippen LogP contribution >= 0.6 is 0 Å². The Hall–Kier alpha value is -1.40. The van der Waals surface area contributed by atoms with E-state index in [9.17, 15) is 13.2 Å². The van der Waals surface area contributed by atoms with Crippen LogP contribution in [-0.2, 0) is 27.7 Å². The molecular weight excluding hydrogens is 348 g/mol. The van der Waals surface area contributed by atoms with Gasteiger partial charge < -0.3 is 4.90 Å². The van der Waals surface area contributed by atoms with Gasteiger partial charge in [0.05, 0.1) is 4.90 Å². The second kappa shape index (κ2) is 6.64. The fourth-order valence-electron chi connectivity index (χ4n) is 4.78. The SMILES string of the molecule is CN1CCC2(CCC1=O)CCN(S(=O)(=O)c1ccc3c(c1)CCC3)CC2. The Morgan fingerprint density at radius 2 is 1.62 bits per heavy atom. The molecule has 1 aromatic rings. The lowest BCUT2D eigenvalue weighted by Gasteiger charge is -2.40. The third-order valence-corrected chi connectivity index (χ3v) is 8.66. The highest BCUT2D eigenvalue weighted by Crippen LogP contribution is 2.42. The average Bonchev–Trinajstić information content (AvgIpc) is 3.07. The van der Waals surface area contributed by atoms with Gasteiger partial charge in [-0.05, 0) is 73.6 Å². The minimum Gasteiger partial charge on any atom is -0.346 e. The molecule has 2 heterocycles. The summed E-state index contributed by atoms with van der Waals surface area (Å²) < 4.78 is 27.8. The Morgan fingerprint density at radius 3 is 2.38 bits per heavy atom. The predicted octanol–water partition coefficient (Wildman–Crippen LogP) is 2.59. The van der Waals surface area contributed by atoms with Crippen molar-refractivity contribution in [3.8, 4) is 0 Å². The van der Waals surface area contributed by atoms with Gasteiger partial charge >= 0.3 is 0 Å². The zero-order chi connectivity index (χ0) is 18.4. The number of piperidine rings is 1. The number of benzene rings is 1. The number of carbonyl (C=O) groups is 1. The zero-order valence-electron chi connectivity index (χ0n) is 15.5. The molecule has 0 saturated carbocycles. The molecule has 142 valence electrons. The number of amides is 1. The molecule has 0 aromatic heterocycles. The molecule has 0 radical (unpaired) electrons. The van der Waals surface area contributed by atoms with Crippen LogP contribution in [0, 0.1) is 5.41 Å². The molecule has 6 heteroatoms. The van der Waals surface area contributed by atoms with Crippen molar-refractivity contribution in [3.63, 3.8) is 0 Å². The minimum absolute atomic E-state index is 0.129. The maximum absolute atomic E-state index is 13.1. The van der Waals surface area contributed by atoms with Gasteiger partial charge in [0.15, 0.2) is 0 Å². The molecule has 0 unspecified atom stereocenters. The van der Waals surface area contributed by atoms with Gasteiger partial charge in [-0.1, -0.05) is 6.07 Å². The molecule has 5 nitrogen and oxygen atoms in total. The smallest absolute Gasteiger partial charge is 0.243 e. The minimum atomic E-state index is -3.41. The third kappa shape index (κ3) is 3.18. The summed E-state index contributed by atoms with van der Waals surface area (Å²) in [5.41, 5.74) is 2.63. The summed E-state index contributed by atoms with van der Waals surface area (Å²) >= 11 is 0. The second-order valence-corrected chi connectivity index (χ2v) is 10.2. The van der Waals surface area contributed by atoms with E-state index in [4.69, 9.17) is 0 Å². The highest BCUT2D eigenvalue weighted by molar-refractivity contribution is 7.89. The zero-order valence-corrected chi connectivity index (χ0v) is 16.4. The number of hydrogen-bond acceptors (Lipinski definition) is 3. The highest BCUT2D eigenvalue weighted by Gasteiger charge is 2.40. The van der Waals surface area contributed by atoms with E-state index < -0.39 is 10.0 Å². The monoisotopic (exact) mass is 376 g/mol. The van der Waals surface area contributed by atoms with E-state index in [1.54, 1.807) is 10.4 Å². The van der Waals surface area contributed by atoms with E-state index in [0.29, 0.717) is 24.4 Å². The molecule has 1 amide bonds. The molecule has 1 aliphatic carbocycles. The molecule has 2 aliphatic heterocycles. The first-order valence-electron chi connectivity index (χ1n) is 9.76. The summed E-state index contributed by atoms with van der Waals surface area (Å²) in [7, 11) is -1.54. The summed E-state index contributed by atoms with van der Waals surface area (Å²) in [5.74, 6) is 0.218. The molecular formula is C20H28N2O3S. The van der Waals surface area contributed by atoms with Crippen molar-refractivity contribution in [2.75, 3.05) is 26.7 Å². The van der Waals surface area contributed by atoms with Crippen molar-refractivity contribution < 1.29 is 13.2 Å². The van der Waals surface area contributed by atoms with Crippen molar-refractivity contribution in [1.82, 2.24) is 9.21 Å². The van der Waals surface area contributed by atoms with E-state index in [2.05, 4.69) is 0 Å². The summed E-state index contributed by atoms with van der Waals surface area (Å²) in [5, 5.41) is 0. The maximum Gasteiger partial charge on any atom is 0.243 e. The van der Waals surface area contributed by atoms with Crippen LogP contribution in [0.4, 0.5) is 0 Å². The van der Waals surface area contributed by atoms with Crippen LogP contribution in [0.1, 0.15) is 49.7 Å². The first kappa shape index (κ1) is 18.0. The summed E-state index contributed by atoms with van der Waals surface area (Å²) in [6.45, 7) is 1.92. The van der Waals surface area contributed by atoms with Gasteiger partial charge in [-0.2, -0.15) is 4.31 Å². The lowest BCUT2D eigenvalue weighted by atomic mass is 9.73. The Kier molecular flexibility index (Phi) is 4.59. The van der Waals surface area contributed by atoms with E-state index >= 15 is 0 Å².